The summed E-state index contributed by atoms with van der Waals surface area (Å²) in [5, 5.41) is 7.41. The molecule has 3 aromatic rings. The van der Waals surface area contributed by atoms with Gasteiger partial charge >= 0.3 is 0 Å². The Balaban J connectivity index is 1.85. The Bertz CT molecular complexity index is 947. The van der Waals surface area contributed by atoms with Gasteiger partial charge in [0.25, 0.3) is 5.91 Å². The maximum absolute atomic E-state index is 12.9. The van der Waals surface area contributed by atoms with Crippen molar-refractivity contribution in [1.29, 1.82) is 0 Å². The molecule has 3 rings (SSSR count). The molecule has 0 radical (unpaired) electrons. The van der Waals surface area contributed by atoms with Crippen LogP contribution in [0.2, 0.25) is 0 Å². The van der Waals surface area contributed by atoms with E-state index in [2.05, 4.69) is 39.4 Å². The van der Waals surface area contributed by atoms with E-state index in [0.717, 1.165) is 35.6 Å². The molecule has 0 aliphatic rings. The number of hydrogen-bond donors (Lipinski definition) is 1. The summed E-state index contributed by atoms with van der Waals surface area (Å²) in [5.74, 6) is 1.26. The van der Waals surface area contributed by atoms with Crippen molar-refractivity contribution >= 4 is 11.7 Å². The Kier molecular flexibility index (Phi) is 6.19. The van der Waals surface area contributed by atoms with Gasteiger partial charge in [0, 0.05) is 17.7 Å². The fraction of sp³-hybridized carbons (Fsp3) is 0.364. The molecule has 28 heavy (non-hydrogen) atoms. The predicted molar refractivity (Wildman–Crippen MR) is 111 cm³/mol. The van der Waals surface area contributed by atoms with Gasteiger partial charge in [-0.2, -0.15) is 5.10 Å². The summed E-state index contributed by atoms with van der Waals surface area (Å²) in [6.07, 6.45) is 3.38. The van der Waals surface area contributed by atoms with E-state index in [0.29, 0.717) is 17.9 Å². The minimum atomic E-state index is -0.185. The molecule has 146 valence electrons. The van der Waals surface area contributed by atoms with Gasteiger partial charge in [0.2, 0.25) is 0 Å². The van der Waals surface area contributed by atoms with Crippen LogP contribution in [0.5, 0.6) is 0 Å². The SMILES string of the molecule is CCCc1c(C(=O)Nc2cc(C)nc(C(C)C)n2)cnn1Cc1ccccc1. The molecule has 0 unspecified atom stereocenters. The molecule has 0 bridgehead atoms. The van der Waals surface area contributed by atoms with Crippen molar-refractivity contribution in [2.75, 3.05) is 5.32 Å². The standard InChI is InChI=1S/C22H27N5O/c1-5-9-19-18(13-23-27(19)14-17-10-7-6-8-11-17)22(28)26-20-12-16(4)24-21(25-20)15(2)3/h6-8,10-13,15H,5,9,14H2,1-4H3,(H,24,25,26,28). The lowest BCUT2D eigenvalue weighted by atomic mass is 10.1. The number of carbonyl (C=O) groups is 1. The lowest BCUT2D eigenvalue weighted by Crippen LogP contribution is -2.17. The molecule has 1 aromatic carbocycles. The number of rotatable bonds is 7. The number of carbonyl (C=O) groups excluding carboxylic acids is 1. The zero-order valence-corrected chi connectivity index (χ0v) is 16.9. The van der Waals surface area contributed by atoms with E-state index in [1.807, 2.05) is 43.7 Å². The second-order valence-electron chi connectivity index (χ2n) is 7.26. The second-order valence-corrected chi connectivity index (χ2v) is 7.26. The molecule has 0 spiro atoms. The molecule has 0 fully saturated rings. The summed E-state index contributed by atoms with van der Waals surface area (Å²) < 4.78 is 1.92. The topological polar surface area (TPSA) is 72.7 Å². The van der Waals surface area contributed by atoms with Gasteiger partial charge in [-0.3, -0.25) is 9.48 Å². The molecule has 6 nitrogen and oxygen atoms in total. The van der Waals surface area contributed by atoms with Gasteiger partial charge in [-0.05, 0) is 18.9 Å². The number of nitrogens with one attached hydrogen (secondary N) is 1. The lowest BCUT2D eigenvalue weighted by molar-refractivity contribution is 0.102. The van der Waals surface area contributed by atoms with Gasteiger partial charge in [-0.15, -0.1) is 0 Å². The van der Waals surface area contributed by atoms with Crippen LogP contribution in [0.4, 0.5) is 5.82 Å². The van der Waals surface area contributed by atoms with Crippen molar-refractivity contribution in [3.8, 4) is 0 Å². The summed E-state index contributed by atoms with van der Waals surface area (Å²) in [5.41, 5.74) is 3.53. The fourth-order valence-corrected chi connectivity index (χ4v) is 3.09. The largest absolute Gasteiger partial charge is 0.306 e. The van der Waals surface area contributed by atoms with Crippen molar-refractivity contribution in [2.45, 2.75) is 53.0 Å². The first-order chi connectivity index (χ1) is 13.5. The molecule has 1 N–H and O–H groups in total. The fourth-order valence-electron chi connectivity index (χ4n) is 3.09. The highest BCUT2D eigenvalue weighted by molar-refractivity contribution is 6.04. The molecule has 0 atom stereocenters. The third-order valence-corrected chi connectivity index (χ3v) is 4.48. The number of benzene rings is 1. The quantitative estimate of drug-likeness (QED) is 0.664. The van der Waals surface area contributed by atoms with Gasteiger partial charge in [0.15, 0.2) is 0 Å². The Morgan fingerprint density at radius 2 is 1.93 bits per heavy atom. The maximum atomic E-state index is 12.9. The average molecular weight is 377 g/mol. The first kappa shape index (κ1) is 19.7. The lowest BCUT2D eigenvalue weighted by Gasteiger charge is -2.11. The van der Waals surface area contributed by atoms with Crippen LogP contribution in [0.15, 0.2) is 42.6 Å². The number of aryl methyl sites for hydroxylation is 1. The highest BCUT2D eigenvalue weighted by atomic mass is 16.1. The molecule has 1 amide bonds. The Hall–Kier alpha value is -3.02. The van der Waals surface area contributed by atoms with Crippen LogP contribution < -0.4 is 5.32 Å². The van der Waals surface area contributed by atoms with Crippen molar-refractivity contribution in [2.24, 2.45) is 0 Å². The summed E-state index contributed by atoms with van der Waals surface area (Å²) in [4.78, 5) is 21.9. The first-order valence-electron chi connectivity index (χ1n) is 9.73. The molecular formula is C22H27N5O. The number of aromatic nitrogens is 4. The highest BCUT2D eigenvalue weighted by Gasteiger charge is 2.18. The predicted octanol–water partition coefficient (Wildman–Crippen LogP) is 4.36. The smallest absolute Gasteiger partial charge is 0.260 e. The van der Waals surface area contributed by atoms with Gasteiger partial charge in [0.1, 0.15) is 11.6 Å². The average Bonchev–Trinajstić information content (AvgIpc) is 3.05. The summed E-state index contributed by atoms with van der Waals surface area (Å²) in [6.45, 7) is 8.72. The number of anilines is 1. The van der Waals surface area contributed by atoms with E-state index in [9.17, 15) is 4.79 Å². The van der Waals surface area contributed by atoms with E-state index in [1.165, 1.54) is 0 Å². The molecular weight excluding hydrogens is 350 g/mol. The zero-order valence-electron chi connectivity index (χ0n) is 16.9. The van der Waals surface area contributed by atoms with Gasteiger partial charge in [-0.25, -0.2) is 9.97 Å². The molecule has 0 saturated carbocycles. The van der Waals surface area contributed by atoms with Crippen LogP contribution in [0.1, 0.15) is 66.2 Å². The Labute approximate surface area is 166 Å². The van der Waals surface area contributed by atoms with Crippen LogP contribution in [-0.4, -0.2) is 25.7 Å². The second kappa shape index (κ2) is 8.78. The van der Waals surface area contributed by atoms with Gasteiger partial charge in [-0.1, -0.05) is 57.5 Å². The minimum absolute atomic E-state index is 0.185. The minimum Gasteiger partial charge on any atom is -0.306 e. The summed E-state index contributed by atoms with van der Waals surface area (Å²) in [7, 11) is 0. The third-order valence-electron chi connectivity index (χ3n) is 4.48. The summed E-state index contributed by atoms with van der Waals surface area (Å²) >= 11 is 0. The number of amides is 1. The first-order valence-corrected chi connectivity index (χ1v) is 9.73. The van der Waals surface area contributed by atoms with E-state index in [-0.39, 0.29) is 11.8 Å². The Morgan fingerprint density at radius 1 is 1.18 bits per heavy atom. The normalized spacial score (nSPS) is 11.0. The van der Waals surface area contributed by atoms with Crippen molar-refractivity contribution < 1.29 is 4.79 Å². The maximum Gasteiger partial charge on any atom is 0.260 e. The molecule has 2 aromatic heterocycles. The van der Waals surface area contributed by atoms with Crippen molar-refractivity contribution in [3.05, 3.63) is 70.9 Å². The molecule has 6 heteroatoms. The molecule has 0 saturated heterocycles. The molecule has 0 aliphatic heterocycles. The highest BCUT2D eigenvalue weighted by Crippen LogP contribution is 2.17. The van der Waals surface area contributed by atoms with E-state index < -0.39 is 0 Å². The van der Waals surface area contributed by atoms with Crippen LogP contribution in [0.25, 0.3) is 0 Å². The number of nitrogens with zero attached hydrogens (tertiary/aromatic N) is 4. The molecule has 2 heterocycles. The number of hydrogen-bond acceptors (Lipinski definition) is 4. The van der Waals surface area contributed by atoms with Crippen LogP contribution in [0.3, 0.4) is 0 Å². The van der Waals surface area contributed by atoms with E-state index in [1.54, 1.807) is 12.3 Å². The third kappa shape index (κ3) is 4.63. The van der Waals surface area contributed by atoms with Crippen LogP contribution in [0, 0.1) is 6.92 Å². The zero-order chi connectivity index (χ0) is 20.1. The monoisotopic (exact) mass is 377 g/mol. The van der Waals surface area contributed by atoms with Gasteiger partial charge < -0.3 is 5.32 Å². The van der Waals surface area contributed by atoms with Crippen molar-refractivity contribution in [1.82, 2.24) is 19.7 Å². The molecule has 0 aliphatic carbocycles. The van der Waals surface area contributed by atoms with Crippen LogP contribution >= 0.6 is 0 Å². The summed E-state index contributed by atoms with van der Waals surface area (Å²) in [6, 6.07) is 11.9. The van der Waals surface area contributed by atoms with Gasteiger partial charge in [0.05, 0.1) is 24.0 Å². The van der Waals surface area contributed by atoms with Crippen LogP contribution in [-0.2, 0) is 13.0 Å². The van der Waals surface area contributed by atoms with Crippen molar-refractivity contribution in [3.63, 3.8) is 0 Å². The van der Waals surface area contributed by atoms with E-state index >= 15 is 0 Å². The van der Waals surface area contributed by atoms with E-state index in [4.69, 9.17) is 0 Å². The Morgan fingerprint density at radius 3 is 2.61 bits per heavy atom.